The minimum Gasteiger partial charge on any atom is -0.494 e. The number of nitro groups is 1. The Balaban J connectivity index is 1.84. The van der Waals surface area contributed by atoms with Crippen LogP contribution in [0.2, 0.25) is 5.02 Å². The molecule has 0 radical (unpaired) electrons. The zero-order valence-corrected chi connectivity index (χ0v) is 26.0. The molecule has 0 atom stereocenters. The molecule has 0 aliphatic heterocycles. The average Bonchev–Trinajstić information content (AvgIpc) is 2.95. The smallest absolute Gasteiger partial charge is 0.344 e. The van der Waals surface area contributed by atoms with E-state index in [1.807, 2.05) is 39.8 Å². The first-order chi connectivity index (χ1) is 20.9. The SMILES string of the molecule is CCOc1cc(C)c(-c2nc3ccccc3c(=O)n2N=Cc2cc(Cl)c(OCC(=O)OC(C)C)c([N+](=O)[O-])c2)cc1C(C)C. The maximum absolute atomic E-state index is 13.8. The Morgan fingerprint density at radius 3 is 2.52 bits per heavy atom. The number of nitrogens with zero attached hydrogens (tertiary/aromatic N) is 4. The monoisotopic (exact) mass is 620 g/mol. The molecule has 0 fully saturated rings. The molecule has 3 aromatic carbocycles. The first-order valence-corrected chi connectivity index (χ1v) is 14.4. The Hall–Kier alpha value is -4.77. The van der Waals surface area contributed by atoms with Gasteiger partial charge < -0.3 is 14.2 Å². The largest absolute Gasteiger partial charge is 0.494 e. The van der Waals surface area contributed by atoms with Gasteiger partial charge in [0.1, 0.15) is 5.75 Å². The summed E-state index contributed by atoms with van der Waals surface area (Å²) in [5.41, 5.74) is 2.25. The lowest BCUT2D eigenvalue weighted by atomic mass is 9.96. The maximum atomic E-state index is 13.8. The van der Waals surface area contributed by atoms with Crippen LogP contribution in [0.25, 0.3) is 22.3 Å². The van der Waals surface area contributed by atoms with E-state index in [2.05, 4.69) is 5.10 Å². The summed E-state index contributed by atoms with van der Waals surface area (Å²) in [5.74, 6) is 0.180. The Morgan fingerprint density at radius 2 is 1.86 bits per heavy atom. The number of para-hydroxylation sites is 1. The van der Waals surface area contributed by atoms with Gasteiger partial charge in [0.25, 0.3) is 5.56 Å². The van der Waals surface area contributed by atoms with Gasteiger partial charge in [0.15, 0.2) is 12.4 Å². The summed E-state index contributed by atoms with van der Waals surface area (Å²) in [7, 11) is 0. The van der Waals surface area contributed by atoms with E-state index in [1.54, 1.807) is 38.1 Å². The van der Waals surface area contributed by atoms with Crippen LogP contribution in [0.1, 0.15) is 57.2 Å². The normalized spacial score (nSPS) is 11.5. The first-order valence-electron chi connectivity index (χ1n) is 14.0. The molecule has 0 bridgehead atoms. The Labute approximate surface area is 259 Å². The highest BCUT2D eigenvalue weighted by atomic mass is 35.5. The van der Waals surface area contributed by atoms with E-state index in [4.69, 9.17) is 30.8 Å². The second-order valence-electron chi connectivity index (χ2n) is 10.5. The number of esters is 1. The van der Waals surface area contributed by atoms with Crippen LogP contribution in [0.5, 0.6) is 11.5 Å². The van der Waals surface area contributed by atoms with Crippen LogP contribution < -0.4 is 15.0 Å². The number of carbonyl (C=O) groups excluding carboxylic acids is 1. The molecular weight excluding hydrogens is 588 g/mol. The number of benzene rings is 3. The van der Waals surface area contributed by atoms with Crippen molar-refractivity contribution in [2.45, 2.75) is 53.6 Å². The van der Waals surface area contributed by atoms with Crippen molar-refractivity contribution in [3.05, 3.63) is 90.7 Å². The van der Waals surface area contributed by atoms with Crippen LogP contribution in [0.4, 0.5) is 5.69 Å². The molecule has 12 heteroatoms. The zero-order valence-electron chi connectivity index (χ0n) is 25.3. The van der Waals surface area contributed by atoms with Crippen molar-refractivity contribution < 1.29 is 23.9 Å². The van der Waals surface area contributed by atoms with Gasteiger partial charge in [0.2, 0.25) is 5.75 Å². The molecule has 0 amide bonds. The molecule has 0 unspecified atom stereocenters. The minimum atomic E-state index is -0.697. The molecule has 1 aromatic heterocycles. The van der Waals surface area contributed by atoms with Gasteiger partial charge >= 0.3 is 11.7 Å². The van der Waals surface area contributed by atoms with Crippen LogP contribution in [0.3, 0.4) is 0 Å². The highest BCUT2D eigenvalue weighted by Crippen LogP contribution is 2.37. The molecule has 0 spiro atoms. The topological polar surface area (TPSA) is 135 Å². The van der Waals surface area contributed by atoms with Crippen molar-refractivity contribution in [2.24, 2.45) is 5.10 Å². The van der Waals surface area contributed by atoms with E-state index in [9.17, 15) is 19.7 Å². The molecule has 11 nitrogen and oxygen atoms in total. The summed E-state index contributed by atoms with van der Waals surface area (Å²) in [5, 5.41) is 16.6. The van der Waals surface area contributed by atoms with Crippen LogP contribution in [-0.2, 0) is 9.53 Å². The van der Waals surface area contributed by atoms with Gasteiger partial charge in [0.05, 0.1) is 39.8 Å². The van der Waals surface area contributed by atoms with Gasteiger partial charge in [-0.2, -0.15) is 9.78 Å². The van der Waals surface area contributed by atoms with E-state index in [1.165, 1.54) is 23.0 Å². The molecule has 4 rings (SSSR count). The summed E-state index contributed by atoms with van der Waals surface area (Å²) >= 11 is 6.36. The number of halogens is 1. The highest BCUT2D eigenvalue weighted by molar-refractivity contribution is 6.32. The summed E-state index contributed by atoms with van der Waals surface area (Å²) in [6.45, 7) is 11.2. The van der Waals surface area contributed by atoms with Crippen molar-refractivity contribution in [3.63, 3.8) is 0 Å². The van der Waals surface area contributed by atoms with Crippen molar-refractivity contribution in [1.29, 1.82) is 0 Å². The lowest BCUT2D eigenvalue weighted by Crippen LogP contribution is -2.21. The number of aryl methyl sites for hydroxylation is 1. The fourth-order valence-electron chi connectivity index (χ4n) is 4.58. The fraction of sp³-hybridized carbons (Fsp3) is 0.312. The Bertz CT molecular complexity index is 1820. The quantitative estimate of drug-likeness (QED) is 0.0785. The van der Waals surface area contributed by atoms with Gasteiger partial charge in [-0.25, -0.2) is 9.78 Å². The van der Waals surface area contributed by atoms with Gasteiger partial charge in [-0.05, 0) is 75.1 Å². The van der Waals surface area contributed by atoms with Crippen molar-refractivity contribution in [3.8, 4) is 22.9 Å². The van der Waals surface area contributed by atoms with Crippen LogP contribution in [0, 0.1) is 17.0 Å². The fourth-order valence-corrected chi connectivity index (χ4v) is 4.86. The van der Waals surface area contributed by atoms with Gasteiger partial charge in [-0.15, -0.1) is 0 Å². The molecule has 1 heterocycles. The number of carbonyl (C=O) groups is 1. The van der Waals surface area contributed by atoms with Crippen molar-refractivity contribution >= 4 is 40.4 Å². The number of fused-ring (bicyclic) bond motifs is 1. The summed E-state index contributed by atoms with van der Waals surface area (Å²) < 4.78 is 17.4. The van der Waals surface area contributed by atoms with Crippen LogP contribution >= 0.6 is 11.6 Å². The van der Waals surface area contributed by atoms with Gasteiger partial charge in [-0.1, -0.05) is 37.6 Å². The van der Waals surface area contributed by atoms with E-state index in [0.717, 1.165) is 16.9 Å². The standard InChI is InChI=1S/C32H33ClN4O7/c1-7-42-28-12-20(6)24(15-23(28)18(2)3)31-35-26-11-9-8-10-22(26)32(39)36(31)34-16-21-13-25(33)30(27(14-21)37(40)41)43-17-29(38)44-19(4)5/h8-16,18-19H,7,17H2,1-6H3. The Kier molecular flexibility index (Phi) is 10.00. The number of nitro benzene ring substituents is 1. The maximum Gasteiger partial charge on any atom is 0.344 e. The van der Waals surface area contributed by atoms with Crippen LogP contribution in [-0.4, -0.2) is 46.1 Å². The second kappa shape index (κ2) is 13.7. The molecule has 0 N–H and O–H groups in total. The third kappa shape index (κ3) is 7.05. The molecule has 230 valence electrons. The molecule has 44 heavy (non-hydrogen) atoms. The average molecular weight is 621 g/mol. The summed E-state index contributed by atoms with van der Waals surface area (Å²) in [6, 6.07) is 13.4. The Morgan fingerprint density at radius 1 is 1.14 bits per heavy atom. The molecule has 0 saturated heterocycles. The van der Waals surface area contributed by atoms with Crippen molar-refractivity contribution in [2.75, 3.05) is 13.2 Å². The lowest BCUT2D eigenvalue weighted by molar-refractivity contribution is -0.385. The molecular formula is C32H33ClN4O7. The zero-order chi connectivity index (χ0) is 32.1. The lowest BCUT2D eigenvalue weighted by Gasteiger charge is -2.18. The molecule has 4 aromatic rings. The number of hydrogen-bond donors (Lipinski definition) is 0. The summed E-state index contributed by atoms with van der Waals surface area (Å²) in [4.78, 5) is 41.7. The van der Waals surface area contributed by atoms with Crippen molar-refractivity contribution in [1.82, 2.24) is 9.66 Å². The number of rotatable bonds is 11. The van der Waals surface area contributed by atoms with E-state index >= 15 is 0 Å². The molecule has 0 aliphatic carbocycles. The highest BCUT2D eigenvalue weighted by Gasteiger charge is 2.23. The predicted octanol–water partition coefficient (Wildman–Crippen LogP) is 6.67. The second-order valence-corrected chi connectivity index (χ2v) is 10.9. The van der Waals surface area contributed by atoms with E-state index in [0.29, 0.717) is 23.1 Å². The van der Waals surface area contributed by atoms with Gasteiger partial charge in [0, 0.05) is 17.2 Å². The van der Waals surface area contributed by atoms with E-state index < -0.39 is 28.7 Å². The number of hydrogen-bond acceptors (Lipinski definition) is 9. The first kappa shape index (κ1) is 32.2. The third-order valence-electron chi connectivity index (χ3n) is 6.54. The minimum absolute atomic E-state index is 0.119. The summed E-state index contributed by atoms with van der Waals surface area (Å²) in [6.07, 6.45) is 0.904. The third-order valence-corrected chi connectivity index (χ3v) is 6.82. The van der Waals surface area contributed by atoms with E-state index in [-0.39, 0.29) is 34.2 Å². The van der Waals surface area contributed by atoms with Gasteiger partial charge in [-0.3, -0.25) is 14.9 Å². The predicted molar refractivity (Wildman–Crippen MR) is 169 cm³/mol. The molecule has 0 aliphatic rings. The number of aromatic nitrogens is 2. The van der Waals surface area contributed by atoms with Crippen LogP contribution in [0.15, 0.2) is 58.4 Å². The molecule has 0 saturated carbocycles. The number of ether oxygens (including phenoxy) is 3.